The fourth-order valence-corrected chi connectivity index (χ4v) is 5.03. The molecule has 5 heteroatoms. The zero-order chi connectivity index (χ0) is 13.4. The van der Waals surface area contributed by atoms with Gasteiger partial charge in [-0.05, 0) is 26.3 Å². The summed E-state index contributed by atoms with van der Waals surface area (Å²) in [4.78, 5) is 0. The summed E-state index contributed by atoms with van der Waals surface area (Å²) in [6.45, 7) is 7.61. The van der Waals surface area contributed by atoms with E-state index in [2.05, 4.69) is 12.6 Å². The van der Waals surface area contributed by atoms with Gasteiger partial charge in [0.05, 0.1) is 0 Å². The van der Waals surface area contributed by atoms with Gasteiger partial charge in [-0.2, -0.15) is 12.6 Å². The summed E-state index contributed by atoms with van der Waals surface area (Å²) >= 11 is 4.37. The number of rotatable bonds is 8. The lowest BCUT2D eigenvalue weighted by Crippen LogP contribution is -2.58. The quantitative estimate of drug-likeness (QED) is 0.587. The molecule has 0 amide bonds. The third kappa shape index (κ3) is 3.58. The second kappa shape index (κ2) is 7.96. The van der Waals surface area contributed by atoms with E-state index in [4.69, 9.17) is 13.3 Å². The zero-order valence-corrected chi connectivity index (χ0v) is 13.2. The second-order valence-electron chi connectivity index (χ2n) is 3.67. The Morgan fingerprint density at radius 1 is 0.944 bits per heavy atom. The first-order chi connectivity index (χ1) is 8.74. The Balaban J connectivity index is 3.20. The summed E-state index contributed by atoms with van der Waals surface area (Å²) in [6.07, 6.45) is 0. The number of hydrogen-bond donors (Lipinski definition) is 1. The fraction of sp³-hybridized carbons (Fsp3) is 0.538. The third-order valence-electron chi connectivity index (χ3n) is 2.52. The Morgan fingerprint density at radius 2 is 1.44 bits per heavy atom. The summed E-state index contributed by atoms with van der Waals surface area (Å²) in [5.41, 5.74) is 1.11. The lowest BCUT2D eigenvalue weighted by atomic mass is 10.2. The van der Waals surface area contributed by atoms with Gasteiger partial charge in [0.1, 0.15) is 0 Å². The molecule has 18 heavy (non-hydrogen) atoms. The molecule has 102 valence electrons. The molecule has 0 aliphatic carbocycles. The van der Waals surface area contributed by atoms with Gasteiger partial charge < -0.3 is 13.3 Å². The summed E-state index contributed by atoms with van der Waals surface area (Å²) in [6, 6.07) is 8.05. The number of thiol groups is 1. The van der Waals surface area contributed by atoms with Crippen LogP contribution in [-0.2, 0) is 19.0 Å². The minimum Gasteiger partial charge on any atom is -0.370 e. The summed E-state index contributed by atoms with van der Waals surface area (Å²) in [5.74, 6) is 0.651. The van der Waals surface area contributed by atoms with Crippen LogP contribution < -0.4 is 5.19 Å². The van der Waals surface area contributed by atoms with Crippen molar-refractivity contribution in [1.82, 2.24) is 0 Å². The molecule has 0 spiro atoms. The molecule has 1 rings (SSSR count). The summed E-state index contributed by atoms with van der Waals surface area (Å²) in [5, 5.41) is 1.03. The first-order valence-electron chi connectivity index (χ1n) is 6.35. The van der Waals surface area contributed by atoms with Crippen LogP contribution in [0.15, 0.2) is 24.3 Å². The van der Waals surface area contributed by atoms with E-state index in [9.17, 15) is 0 Å². The molecule has 0 N–H and O–H groups in total. The van der Waals surface area contributed by atoms with E-state index in [-0.39, 0.29) is 0 Å². The van der Waals surface area contributed by atoms with Crippen molar-refractivity contribution in [1.29, 1.82) is 0 Å². The van der Waals surface area contributed by atoms with Crippen molar-refractivity contribution in [2.45, 2.75) is 26.5 Å². The zero-order valence-electron chi connectivity index (χ0n) is 11.3. The average Bonchev–Trinajstić information content (AvgIpc) is 2.39. The summed E-state index contributed by atoms with van der Waals surface area (Å²) in [7, 11) is -2.79. The minimum atomic E-state index is -2.79. The van der Waals surface area contributed by atoms with Gasteiger partial charge in [0.25, 0.3) is 0 Å². The van der Waals surface area contributed by atoms with Gasteiger partial charge in [-0.25, -0.2) is 0 Å². The van der Waals surface area contributed by atoms with Crippen LogP contribution in [0.5, 0.6) is 0 Å². The highest BCUT2D eigenvalue weighted by Crippen LogP contribution is 2.14. The van der Waals surface area contributed by atoms with Crippen LogP contribution in [0.1, 0.15) is 26.3 Å². The smallest absolute Gasteiger partial charge is 0.370 e. The largest absolute Gasteiger partial charge is 0.537 e. The second-order valence-corrected chi connectivity index (χ2v) is 6.50. The molecule has 1 aromatic rings. The molecule has 0 fully saturated rings. The van der Waals surface area contributed by atoms with Gasteiger partial charge in [-0.1, -0.05) is 24.3 Å². The van der Waals surface area contributed by atoms with Gasteiger partial charge >= 0.3 is 8.80 Å². The maximum Gasteiger partial charge on any atom is 0.537 e. The molecule has 0 unspecified atom stereocenters. The molecule has 0 aliphatic rings. The number of benzene rings is 1. The lowest BCUT2D eigenvalue weighted by molar-refractivity contribution is 0.0858. The van der Waals surface area contributed by atoms with E-state index in [0.717, 1.165) is 10.8 Å². The van der Waals surface area contributed by atoms with Crippen molar-refractivity contribution in [3.8, 4) is 0 Å². The van der Waals surface area contributed by atoms with Crippen LogP contribution in [0, 0.1) is 0 Å². The van der Waals surface area contributed by atoms with Crippen molar-refractivity contribution in [2.75, 3.05) is 19.8 Å². The molecule has 0 radical (unpaired) electrons. The van der Waals surface area contributed by atoms with Crippen molar-refractivity contribution in [3.05, 3.63) is 29.8 Å². The molecule has 0 saturated heterocycles. The Bertz CT molecular complexity index is 343. The van der Waals surface area contributed by atoms with Crippen molar-refractivity contribution in [2.24, 2.45) is 0 Å². The van der Waals surface area contributed by atoms with Gasteiger partial charge in [0.2, 0.25) is 0 Å². The van der Waals surface area contributed by atoms with Crippen molar-refractivity contribution < 1.29 is 13.3 Å². The van der Waals surface area contributed by atoms with Crippen LogP contribution in [0.4, 0.5) is 0 Å². The van der Waals surface area contributed by atoms with Gasteiger partial charge in [0.15, 0.2) is 0 Å². The van der Waals surface area contributed by atoms with Crippen LogP contribution >= 0.6 is 12.6 Å². The van der Waals surface area contributed by atoms with Crippen molar-refractivity contribution in [3.63, 3.8) is 0 Å². The Labute approximate surface area is 116 Å². The Morgan fingerprint density at radius 3 is 1.89 bits per heavy atom. The van der Waals surface area contributed by atoms with E-state index in [1.807, 2.05) is 45.0 Å². The molecule has 3 nitrogen and oxygen atoms in total. The van der Waals surface area contributed by atoms with Crippen LogP contribution in [0.3, 0.4) is 0 Å². The molecular formula is C13H22O3SSi. The van der Waals surface area contributed by atoms with E-state index in [0.29, 0.717) is 25.6 Å². The molecule has 0 heterocycles. The molecule has 0 atom stereocenters. The third-order valence-corrected chi connectivity index (χ3v) is 6.02. The van der Waals surface area contributed by atoms with Crippen LogP contribution in [0.2, 0.25) is 0 Å². The monoisotopic (exact) mass is 286 g/mol. The normalized spacial score (nSPS) is 11.8. The predicted molar refractivity (Wildman–Crippen MR) is 79.4 cm³/mol. The predicted octanol–water partition coefficient (Wildman–Crippen LogP) is 2.37. The molecule has 0 bridgehead atoms. The molecule has 1 aromatic carbocycles. The van der Waals surface area contributed by atoms with Gasteiger partial charge in [-0.3, -0.25) is 0 Å². The van der Waals surface area contributed by atoms with E-state index < -0.39 is 8.80 Å². The molecule has 0 saturated carbocycles. The highest BCUT2D eigenvalue weighted by atomic mass is 32.1. The number of hydrogen-bond acceptors (Lipinski definition) is 4. The van der Waals surface area contributed by atoms with E-state index in [1.165, 1.54) is 0 Å². The highest BCUT2D eigenvalue weighted by molar-refractivity contribution is 7.79. The maximum absolute atomic E-state index is 5.90. The Kier molecular flexibility index (Phi) is 6.96. The van der Waals surface area contributed by atoms with Gasteiger partial charge in [0, 0.05) is 30.8 Å². The summed E-state index contributed by atoms with van der Waals surface area (Å²) < 4.78 is 17.7. The van der Waals surface area contributed by atoms with Crippen LogP contribution in [0.25, 0.3) is 0 Å². The highest BCUT2D eigenvalue weighted by Gasteiger charge is 2.44. The SMILES string of the molecule is CCO[Si](OCC)(OCC)c1ccccc1CS. The van der Waals surface area contributed by atoms with Crippen molar-refractivity contribution >= 4 is 26.6 Å². The minimum absolute atomic E-state index is 0.577. The van der Waals surface area contributed by atoms with E-state index in [1.54, 1.807) is 0 Å². The molecule has 0 aliphatic heterocycles. The first kappa shape index (κ1) is 15.7. The first-order valence-corrected chi connectivity index (χ1v) is 8.70. The topological polar surface area (TPSA) is 27.7 Å². The average molecular weight is 286 g/mol. The fourth-order valence-electron chi connectivity index (χ4n) is 1.89. The molecule has 0 aromatic heterocycles. The molecular weight excluding hydrogens is 264 g/mol. The van der Waals surface area contributed by atoms with Gasteiger partial charge in [-0.15, -0.1) is 0 Å². The lowest BCUT2D eigenvalue weighted by Gasteiger charge is -2.30. The Hall–Kier alpha value is -0.333. The van der Waals surface area contributed by atoms with Crippen LogP contribution in [-0.4, -0.2) is 28.6 Å². The maximum atomic E-state index is 5.90. The standard InChI is InChI=1S/C13H22O3SSi/c1-4-14-18(15-5-2,16-6-3)13-10-8-7-9-12(13)11-17/h7-10,17H,4-6,11H2,1-3H3. The van der Waals surface area contributed by atoms with E-state index >= 15 is 0 Å².